The zero-order chi connectivity index (χ0) is 15.4. The fourth-order valence-corrected chi connectivity index (χ4v) is 2.29. The summed E-state index contributed by atoms with van der Waals surface area (Å²) in [6.45, 7) is 2.15. The van der Waals surface area contributed by atoms with Gasteiger partial charge in [0.05, 0.1) is 5.56 Å². The maximum absolute atomic E-state index is 12.2. The standard InChI is InChI=1S/C16H14BrNO3/c1-10-5-6-13(17)8-14(10)15(19)18-9-11-3-2-4-12(7-11)16(20)21/h2-8H,9H2,1H3,(H,18,19)(H,20,21). The Hall–Kier alpha value is -2.14. The van der Waals surface area contributed by atoms with E-state index >= 15 is 0 Å². The molecule has 0 saturated heterocycles. The van der Waals surface area contributed by atoms with Crippen LogP contribution in [-0.2, 0) is 6.54 Å². The molecule has 0 heterocycles. The van der Waals surface area contributed by atoms with Crippen molar-refractivity contribution in [1.82, 2.24) is 5.32 Å². The van der Waals surface area contributed by atoms with Crippen molar-refractivity contribution in [2.75, 3.05) is 0 Å². The summed E-state index contributed by atoms with van der Waals surface area (Å²) in [5.74, 6) is -1.17. The molecule has 2 aromatic carbocycles. The average Bonchev–Trinajstić information content (AvgIpc) is 2.47. The molecule has 2 N–H and O–H groups in total. The normalized spacial score (nSPS) is 10.2. The van der Waals surface area contributed by atoms with Gasteiger partial charge in [0, 0.05) is 16.6 Å². The van der Waals surface area contributed by atoms with E-state index in [0.717, 1.165) is 15.6 Å². The fraction of sp³-hybridized carbons (Fsp3) is 0.125. The number of halogens is 1. The molecule has 0 atom stereocenters. The average molecular weight is 348 g/mol. The zero-order valence-corrected chi connectivity index (χ0v) is 13.0. The first-order chi connectivity index (χ1) is 9.97. The van der Waals surface area contributed by atoms with Crippen LogP contribution in [0.5, 0.6) is 0 Å². The van der Waals surface area contributed by atoms with Gasteiger partial charge < -0.3 is 10.4 Å². The van der Waals surface area contributed by atoms with Crippen LogP contribution in [0.4, 0.5) is 0 Å². The van der Waals surface area contributed by atoms with Crippen LogP contribution in [0.2, 0.25) is 0 Å². The Bertz CT molecular complexity index is 698. The highest BCUT2D eigenvalue weighted by Crippen LogP contribution is 2.16. The molecule has 0 unspecified atom stereocenters. The molecule has 0 spiro atoms. The predicted molar refractivity (Wildman–Crippen MR) is 83.5 cm³/mol. The molecule has 0 bridgehead atoms. The molecule has 0 aliphatic rings. The summed E-state index contributed by atoms with van der Waals surface area (Å²) in [4.78, 5) is 23.1. The van der Waals surface area contributed by atoms with Gasteiger partial charge in [-0.05, 0) is 42.3 Å². The molecule has 0 saturated carbocycles. The highest BCUT2D eigenvalue weighted by molar-refractivity contribution is 9.10. The molecule has 2 aromatic rings. The number of aromatic carboxylic acids is 1. The lowest BCUT2D eigenvalue weighted by Crippen LogP contribution is -2.23. The molecule has 108 valence electrons. The minimum absolute atomic E-state index is 0.186. The smallest absolute Gasteiger partial charge is 0.335 e. The van der Waals surface area contributed by atoms with Crippen molar-refractivity contribution < 1.29 is 14.7 Å². The van der Waals surface area contributed by atoms with Crippen molar-refractivity contribution in [1.29, 1.82) is 0 Å². The van der Waals surface area contributed by atoms with E-state index in [9.17, 15) is 9.59 Å². The highest BCUT2D eigenvalue weighted by atomic mass is 79.9. The van der Waals surface area contributed by atoms with Crippen LogP contribution < -0.4 is 5.32 Å². The number of rotatable bonds is 4. The molecule has 0 fully saturated rings. The number of amides is 1. The number of carboxylic acid groups (broad SMARTS) is 1. The maximum atomic E-state index is 12.2. The molecular weight excluding hydrogens is 334 g/mol. The number of hydrogen-bond donors (Lipinski definition) is 2. The van der Waals surface area contributed by atoms with Gasteiger partial charge in [-0.15, -0.1) is 0 Å². The summed E-state index contributed by atoms with van der Waals surface area (Å²) in [5.41, 5.74) is 2.44. The van der Waals surface area contributed by atoms with E-state index in [1.165, 1.54) is 6.07 Å². The maximum Gasteiger partial charge on any atom is 0.335 e. The van der Waals surface area contributed by atoms with E-state index in [-0.39, 0.29) is 18.0 Å². The molecule has 4 nitrogen and oxygen atoms in total. The van der Waals surface area contributed by atoms with Gasteiger partial charge in [-0.2, -0.15) is 0 Å². The Morgan fingerprint density at radius 1 is 1.19 bits per heavy atom. The second kappa shape index (κ2) is 6.54. The number of benzene rings is 2. The van der Waals surface area contributed by atoms with E-state index in [1.54, 1.807) is 24.3 Å². The molecule has 0 radical (unpaired) electrons. The minimum Gasteiger partial charge on any atom is -0.478 e. The molecule has 2 rings (SSSR count). The molecular formula is C16H14BrNO3. The Labute approximate surface area is 130 Å². The van der Waals surface area contributed by atoms with E-state index < -0.39 is 5.97 Å². The van der Waals surface area contributed by atoms with Crippen LogP contribution in [0.25, 0.3) is 0 Å². The van der Waals surface area contributed by atoms with Crippen LogP contribution >= 0.6 is 15.9 Å². The SMILES string of the molecule is Cc1ccc(Br)cc1C(=O)NCc1cccc(C(=O)O)c1. The van der Waals surface area contributed by atoms with Crippen molar-refractivity contribution in [2.45, 2.75) is 13.5 Å². The van der Waals surface area contributed by atoms with Crippen LogP contribution in [0.3, 0.4) is 0 Å². The number of hydrogen-bond acceptors (Lipinski definition) is 2. The lowest BCUT2D eigenvalue weighted by molar-refractivity contribution is 0.0696. The first kappa shape index (κ1) is 15.3. The van der Waals surface area contributed by atoms with Crippen molar-refractivity contribution in [3.8, 4) is 0 Å². The molecule has 0 aromatic heterocycles. The molecule has 0 aliphatic heterocycles. The van der Waals surface area contributed by atoms with Gasteiger partial charge in [0.25, 0.3) is 5.91 Å². The lowest BCUT2D eigenvalue weighted by Gasteiger charge is -2.09. The topological polar surface area (TPSA) is 66.4 Å². The Morgan fingerprint density at radius 2 is 1.95 bits per heavy atom. The van der Waals surface area contributed by atoms with Gasteiger partial charge >= 0.3 is 5.97 Å². The number of aryl methyl sites for hydroxylation is 1. The second-order valence-corrected chi connectivity index (χ2v) is 5.56. The predicted octanol–water partition coefficient (Wildman–Crippen LogP) is 3.39. The minimum atomic E-state index is -0.981. The van der Waals surface area contributed by atoms with E-state index in [0.29, 0.717) is 5.56 Å². The number of carbonyl (C=O) groups excluding carboxylic acids is 1. The van der Waals surface area contributed by atoms with E-state index in [2.05, 4.69) is 21.2 Å². The second-order valence-electron chi connectivity index (χ2n) is 4.65. The third-order valence-electron chi connectivity index (χ3n) is 3.07. The van der Waals surface area contributed by atoms with Crippen molar-refractivity contribution in [3.05, 3.63) is 69.2 Å². The zero-order valence-electron chi connectivity index (χ0n) is 11.4. The van der Waals surface area contributed by atoms with Gasteiger partial charge in [0.1, 0.15) is 0 Å². The van der Waals surface area contributed by atoms with Crippen molar-refractivity contribution in [2.24, 2.45) is 0 Å². The first-order valence-electron chi connectivity index (χ1n) is 6.34. The van der Waals surface area contributed by atoms with Gasteiger partial charge in [-0.1, -0.05) is 34.1 Å². The Morgan fingerprint density at radius 3 is 2.67 bits per heavy atom. The molecule has 21 heavy (non-hydrogen) atoms. The highest BCUT2D eigenvalue weighted by Gasteiger charge is 2.10. The summed E-state index contributed by atoms with van der Waals surface area (Å²) < 4.78 is 0.839. The summed E-state index contributed by atoms with van der Waals surface area (Å²) in [7, 11) is 0. The van der Waals surface area contributed by atoms with Gasteiger partial charge in [0.15, 0.2) is 0 Å². The molecule has 5 heteroatoms. The summed E-state index contributed by atoms with van der Waals surface area (Å²) in [6.07, 6.45) is 0. The number of carboxylic acids is 1. The van der Waals surface area contributed by atoms with Crippen molar-refractivity contribution >= 4 is 27.8 Å². The summed E-state index contributed by atoms with van der Waals surface area (Å²) >= 11 is 3.34. The quantitative estimate of drug-likeness (QED) is 0.890. The third-order valence-corrected chi connectivity index (χ3v) is 3.56. The molecule has 0 aliphatic carbocycles. The Balaban J connectivity index is 2.09. The summed E-state index contributed by atoms with van der Waals surface area (Å²) in [5, 5.41) is 11.7. The van der Waals surface area contributed by atoms with Gasteiger partial charge in [-0.3, -0.25) is 4.79 Å². The molecule has 1 amide bonds. The van der Waals surface area contributed by atoms with Crippen LogP contribution in [-0.4, -0.2) is 17.0 Å². The number of carbonyl (C=O) groups is 2. The lowest BCUT2D eigenvalue weighted by atomic mass is 10.1. The van der Waals surface area contributed by atoms with Crippen LogP contribution in [0.15, 0.2) is 46.9 Å². The third kappa shape index (κ3) is 3.92. The fourth-order valence-electron chi connectivity index (χ4n) is 1.93. The van der Waals surface area contributed by atoms with Gasteiger partial charge in [-0.25, -0.2) is 4.79 Å². The number of nitrogens with one attached hydrogen (secondary N) is 1. The van der Waals surface area contributed by atoms with Crippen LogP contribution in [0, 0.1) is 6.92 Å². The van der Waals surface area contributed by atoms with E-state index in [4.69, 9.17) is 5.11 Å². The van der Waals surface area contributed by atoms with Crippen LogP contribution in [0.1, 0.15) is 31.8 Å². The first-order valence-corrected chi connectivity index (χ1v) is 7.13. The van der Waals surface area contributed by atoms with E-state index in [1.807, 2.05) is 19.1 Å². The monoisotopic (exact) mass is 347 g/mol. The Kier molecular flexibility index (Phi) is 4.75. The van der Waals surface area contributed by atoms with Gasteiger partial charge in [0.2, 0.25) is 0 Å². The summed E-state index contributed by atoms with van der Waals surface area (Å²) in [6, 6.07) is 12.0. The largest absolute Gasteiger partial charge is 0.478 e. The van der Waals surface area contributed by atoms with Crippen molar-refractivity contribution in [3.63, 3.8) is 0 Å².